The first kappa shape index (κ1) is 31.8. The van der Waals surface area contributed by atoms with Crippen molar-refractivity contribution in [3.63, 3.8) is 0 Å². The third kappa shape index (κ3) is 25.3. The summed E-state index contributed by atoms with van der Waals surface area (Å²) in [7, 11) is 0. The summed E-state index contributed by atoms with van der Waals surface area (Å²) in [5.41, 5.74) is 0. The van der Waals surface area contributed by atoms with Crippen LogP contribution in [0.25, 0.3) is 0 Å². The van der Waals surface area contributed by atoms with E-state index in [1.807, 2.05) is 0 Å². The Morgan fingerprint density at radius 1 is 0.606 bits per heavy atom. The first-order valence-corrected chi connectivity index (χ1v) is 13.7. The maximum atomic E-state index is 12.0. The van der Waals surface area contributed by atoms with Crippen LogP contribution < -0.4 is 0 Å². The van der Waals surface area contributed by atoms with Crippen LogP contribution in [0.1, 0.15) is 135 Å². The third-order valence-corrected chi connectivity index (χ3v) is 5.87. The lowest BCUT2D eigenvalue weighted by Gasteiger charge is -2.12. The highest BCUT2D eigenvalue weighted by molar-refractivity contribution is 5.69. The van der Waals surface area contributed by atoms with Crippen molar-refractivity contribution in [2.75, 3.05) is 19.9 Å². The van der Waals surface area contributed by atoms with Gasteiger partial charge in [0.15, 0.2) is 0 Å². The lowest BCUT2D eigenvalue weighted by molar-refractivity contribution is -0.152. The molecule has 0 amide bonds. The number of carbonyl (C=O) groups is 2. The number of halogens is 1. The molecule has 0 unspecified atom stereocenters. The molecule has 1 N–H and O–H groups in total. The van der Waals surface area contributed by atoms with Gasteiger partial charge < -0.3 is 14.6 Å². The minimum Gasteiger partial charge on any atom is -0.463 e. The average Bonchev–Trinajstić information content (AvgIpc) is 2.81. The fourth-order valence-electron chi connectivity index (χ4n) is 3.75. The first-order chi connectivity index (χ1) is 16.1. The minimum absolute atomic E-state index is 0.145. The van der Waals surface area contributed by atoms with Gasteiger partial charge in [0.2, 0.25) is 0 Å². The van der Waals surface area contributed by atoms with E-state index in [4.69, 9.17) is 9.47 Å². The van der Waals surface area contributed by atoms with Crippen LogP contribution in [0.2, 0.25) is 0 Å². The second kappa shape index (κ2) is 25.5. The number of unbranched alkanes of at least 4 members (excludes halogenated alkanes) is 16. The van der Waals surface area contributed by atoms with E-state index in [9.17, 15) is 19.1 Å². The Bertz CT molecular complexity index is 444. The number of hydrogen-bond donors (Lipinski definition) is 1. The van der Waals surface area contributed by atoms with Crippen molar-refractivity contribution in [1.82, 2.24) is 0 Å². The highest BCUT2D eigenvalue weighted by Crippen LogP contribution is 2.13. The molecule has 0 aromatic carbocycles. The fraction of sp³-hybridized carbons (Fsp3) is 0.926. The number of hydrogen-bond acceptors (Lipinski definition) is 5. The second-order valence-electron chi connectivity index (χ2n) is 9.22. The Hall–Kier alpha value is -1.17. The summed E-state index contributed by atoms with van der Waals surface area (Å²) in [6, 6.07) is 0. The molecule has 0 radical (unpaired) electrons. The molecule has 0 saturated carbocycles. The van der Waals surface area contributed by atoms with Crippen LogP contribution in [0.15, 0.2) is 0 Å². The van der Waals surface area contributed by atoms with E-state index in [0.717, 1.165) is 38.5 Å². The fourth-order valence-corrected chi connectivity index (χ4v) is 3.75. The maximum Gasteiger partial charge on any atom is 0.305 e. The molecule has 0 spiro atoms. The minimum atomic E-state index is -0.992. The molecule has 0 rings (SSSR count). The molecule has 196 valence electrons. The molecular weight excluding hydrogens is 422 g/mol. The molecule has 5 nitrogen and oxygen atoms in total. The van der Waals surface area contributed by atoms with E-state index in [2.05, 4.69) is 6.92 Å². The Kier molecular flexibility index (Phi) is 24.6. The van der Waals surface area contributed by atoms with Crippen molar-refractivity contribution in [3.05, 3.63) is 0 Å². The molecule has 0 heterocycles. The van der Waals surface area contributed by atoms with Crippen LogP contribution in [-0.2, 0) is 19.1 Å². The van der Waals surface area contributed by atoms with Crippen molar-refractivity contribution in [2.45, 2.75) is 141 Å². The molecule has 0 aromatic rings. The summed E-state index contributed by atoms with van der Waals surface area (Å²) in [5.74, 6) is -0.672. The SMILES string of the molecule is CCCCCCCCCCCCCCCC(=O)OC[C@@H](O)COC(=O)CCCCCCC[18F]. The van der Waals surface area contributed by atoms with Crippen LogP contribution >= 0.6 is 0 Å². The number of alkyl halides is 1. The summed E-state index contributed by atoms with van der Waals surface area (Å²) in [6.07, 6.45) is 19.9. The van der Waals surface area contributed by atoms with Gasteiger partial charge in [-0.2, -0.15) is 0 Å². The zero-order valence-electron chi connectivity index (χ0n) is 21.3. The second-order valence-corrected chi connectivity index (χ2v) is 9.22. The van der Waals surface area contributed by atoms with Crippen LogP contribution in [0.4, 0.5) is 4.39 Å². The van der Waals surface area contributed by atoms with Crippen LogP contribution in [0.5, 0.6) is 0 Å². The largest absolute Gasteiger partial charge is 0.463 e. The van der Waals surface area contributed by atoms with E-state index < -0.39 is 6.10 Å². The third-order valence-electron chi connectivity index (χ3n) is 5.87. The molecule has 1 atom stereocenters. The summed E-state index contributed by atoms with van der Waals surface area (Å²) in [6.45, 7) is 1.66. The van der Waals surface area contributed by atoms with E-state index in [1.54, 1.807) is 0 Å². The Labute approximate surface area is 202 Å². The van der Waals surface area contributed by atoms with Crippen molar-refractivity contribution < 1.29 is 28.6 Å². The van der Waals surface area contributed by atoms with Crippen molar-refractivity contribution in [2.24, 2.45) is 0 Å². The van der Waals surface area contributed by atoms with Gasteiger partial charge in [-0.3, -0.25) is 14.0 Å². The Morgan fingerprint density at radius 3 is 1.30 bits per heavy atom. The molecule has 0 aliphatic carbocycles. The van der Waals surface area contributed by atoms with Gasteiger partial charge in [-0.1, -0.05) is 103 Å². The van der Waals surface area contributed by atoms with Gasteiger partial charge in [0.1, 0.15) is 19.3 Å². The van der Waals surface area contributed by atoms with E-state index in [0.29, 0.717) is 25.7 Å². The molecule has 0 fully saturated rings. The molecular formula is C27H51FO5. The molecule has 0 bridgehead atoms. The predicted molar refractivity (Wildman–Crippen MR) is 132 cm³/mol. The lowest BCUT2D eigenvalue weighted by atomic mass is 10.0. The van der Waals surface area contributed by atoms with Gasteiger partial charge in [-0.15, -0.1) is 0 Å². The quantitative estimate of drug-likeness (QED) is 0.112. The first-order valence-electron chi connectivity index (χ1n) is 13.7. The van der Waals surface area contributed by atoms with Gasteiger partial charge in [-0.25, -0.2) is 0 Å². The zero-order chi connectivity index (χ0) is 24.4. The van der Waals surface area contributed by atoms with Crippen LogP contribution in [-0.4, -0.2) is 43.0 Å². The van der Waals surface area contributed by atoms with Gasteiger partial charge in [-0.05, 0) is 19.3 Å². The maximum absolute atomic E-state index is 12.0. The normalized spacial score (nSPS) is 12.0. The summed E-state index contributed by atoms with van der Waals surface area (Å²) < 4.78 is 22.0. The number of aliphatic hydroxyl groups excluding tert-OH is 1. The summed E-state index contributed by atoms with van der Waals surface area (Å²) in [5, 5.41) is 9.81. The van der Waals surface area contributed by atoms with Gasteiger partial charge >= 0.3 is 11.9 Å². The van der Waals surface area contributed by atoms with Gasteiger partial charge in [0.05, 0.1) is 6.67 Å². The zero-order valence-corrected chi connectivity index (χ0v) is 21.3. The highest BCUT2D eigenvalue weighted by Gasteiger charge is 2.12. The summed E-state index contributed by atoms with van der Waals surface area (Å²) in [4.78, 5) is 23.4. The molecule has 0 aromatic heterocycles. The molecule has 0 aliphatic rings. The molecule has 0 saturated heterocycles. The lowest BCUT2D eigenvalue weighted by Crippen LogP contribution is -2.25. The van der Waals surface area contributed by atoms with Gasteiger partial charge in [0, 0.05) is 12.8 Å². The Morgan fingerprint density at radius 2 is 0.939 bits per heavy atom. The van der Waals surface area contributed by atoms with Gasteiger partial charge in [0.25, 0.3) is 0 Å². The van der Waals surface area contributed by atoms with Crippen molar-refractivity contribution >= 4 is 11.9 Å². The molecule has 33 heavy (non-hydrogen) atoms. The van der Waals surface area contributed by atoms with E-state index in [1.165, 1.54) is 64.2 Å². The van der Waals surface area contributed by atoms with Crippen molar-refractivity contribution in [3.8, 4) is 0 Å². The van der Waals surface area contributed by atoms with Crippen molar-refractivity contribution in [1.29, 1.82) is 0 Å². The monoisotopic (exact) mass is 473 g/mol. The standard InChI is InChI=1S/C27H51FO5/c1-2-3-4-5-6-7-8-9-10-11-12-14-17-20-26(30)32-23-25(29)24-33-27(31)21-18-15-13-16-19-22-28/h25,29H,2-24H2,1H3/t25-/m1/s1/i28-1. The average molecular weight is 474 g/mol. The number of ether oxygens (including phenoxy) is 2. The highest BCUT2D eigenvalue weighted by atomic mass is 18.2. The van der Waals surface area contributed by atoms with E-state index >= 15 is 0 Å². The summed E-state index contributed by atoms with van der Waals surface area (Å²) >= 11 is 0. The van der Waals surface area contributed by atoms with E-state index in [-0.39, 0.29) is 31.8 Å². The Balaban J connectivity index is 3.41. The topological polar surface area (TPSA) is 72.8 Å². The molecule has 0 aliphatic heterocycles. The number of rotatable bonds is 25. The number of carbonyl (C=O) groups excluding carboxylic acids is 2. The van der Waals surface area contributed by atoms with Crippen LogP contribution in [0.3, 0.4) is 0 Å². The molecule has 6 heteroatoms. The number of aliphatic hydroxyl groups is 1. The van der Waals surface area contributed by atoms with Crippen LogP contribution in [0, 0.1) is 0 Å². The smallest absolute Gasteiger partial charge is 0.305 e. The number of esters is 2. The predicted octanol–water partition coefficient (Wildman–Crippen LogP) is 7.23.